The molecule has 1 aromatic heterocycles. The van der Waals surface area contributed by atoms with Crippen molar-refractivity contribution in [1.82, 2.24) is 9.55 Å². The SMILES string of the molecule is CCCn1ccnc1NC(C)(C)CCc1ccccc1. The number of nitrogens with one attached hydrogen (secondary N) is 1. The molecule has 0 fully saturated rings. The van der Waals surface area contributed by atoms with E-state index in [1.165, 1.54) is 5.56 Å². The summed E-state index contributed by atoms with van der Waals surface area (Å²) in [6.07, 6.45) is 7.19. The molecule has 20 heavy (non-hydrogen) atoms. The number of aromatic nitrogens is 2. The van der Waals surface area contributed by atoms with Gasteiger partial charge in [0.25, 0.3) is 0 Å². The van der Waals surface area contributed by atoms with E-state index in [2.05, 4.69) is 66.0 Å². The largest absolute Gasteiger partial charge is 0.351 e. The summed E-state index contributed by atoms with van der Waals surface area (Å²) in [6, 6.07) is 10.6. The van der Waals surface area contributed by atoms with E-state index in [1.807, 2.05) is 12.4 Å². The zero-order chi connectivity index (χ0) is 14.4. The molecule has 0 aliphatic carbocycles. The van der Waals surface area contributed by atoms with Crippen LogP contribution >= 0.6 is 0 Å². The van der Waals surface area contributed by atoms with Gasteiger partial charge in [0.1, 0.15) is 0 Å². The molecule has 0 radical (unpaired) electrons. The van der Waals surface area contributed by atoms with Crippen LogP contribution in [0.3, 0.4) is 0 Å². The van der Waals surface area contributed by atoms with Crippen LogP contribution in [-0.2, 0) is 13.0 Å². The maximum Gasteiger partial charge on any atom is 0.203 e. The summed E-state index contributed by atoms with van der Waals surface area (Å²) < 4.78 is 2.18. The van der Waals surface area contributed by atoms with Gasteiger partial charge in [0.2, 0.25) is 5.95 Å². The second-order valence-corrected chi connectivity index (χ2v) is 5.94. The number of aryl methyl sites for hydroxylation is 2. The van der Waals surface area contributed by atoms with E-state index in [1.54, 1.807) is 0 Å². The zero-order valence-corrected chi connectivity index (χ0v) is 12.8. The van der Waals surface area contributed by atoms with E-state index in [4.69, 9.17) is 0 Å². The minimum atomic E-state index is 0.0344. The summed E-state index contributed by atoms with van der Waals surface area (Å²) in [5.41, 5.74) is 1.42. The van der Waals surface area contributed by atoms with Crippen LogP contribution in [0.5, 0.6) is 0 Å². The first-order valence-electron chi connectivity index (χ1n) is 7.44. The number of hydrogen-bond donors (Lipinski definition) is 1. The number of rotatable bonds is 7. The van der Waals surface area contributed by atoms with Crippen molar-refractivity contribution in [2.75, 3.05) is 5.32 Å². The van der Waals surface area contributed by atoms with Gasteiger partial charge in [-0.3, -0.25) is 0 Å². The highest BCUT2D eigenvalue weighted by Crippen LogP contribution is 2.19. The van der Waals surface area contributed by atoms with E-state index in [0.29, 0.717) is 0 Å². The average molecular weight is 271 g/mol. The van der Waals surface area contributed by atoms with Crippen LogP contribution in [0.4, 0.5) is 5.95 Å². The molecule has 0 unspecified atom stereocenters. The van der Waals surface area contributed by atoms with Crippen LogP contribution in [0.15, 0.2) is 42.7 Å². The van der Waals surface area contributed by atoms with Gasteiger partial charge in [0, 0.05) is 24.5 Å². The van der Waals surface area contributed by atoms with Gasteiger partial charge >= 0.3 is 0 Å². The lowest BCUT2D eigenvalue weighted by molar-refractivity contribution is 0.508. The quantitative estimate of drug-likeness (QED) is 0.821. The molecular weight excluding hydrogens is 246 g/mol. The van der Waals surface area contributed by atoms with Crippen LogP contribution in [0.2, 0.25) is 0 Å². The molecule has 3 heteroatoms. The van der Waals surface area contributed by atoms with Gasteiger partial charge in [0.05, 0.1) is 0 Å². The molecule has 0 aliphatic rings. The van der Waals surface area contributed by atoms with E-state index >= 15 is 0 Å². The Labute approximate surface area is 122 Å². The Kier molecular flexibility index (Phi) is 4.83. The van der Waals surface area contributed by atoms with Gasteiger partial charge in [-0.1, -0.05) is 37.3 Å². The fourth-order valence-electron chi connectivity index (χ4n) is 2.32. The van der Waals surface area contributed by atoms with Crippen molar-refractivity contribution >= 4 is 5.95 Å². The van der Waals surface area contributed by atoms with Gasteiger partial charge in [-0.05, 0) is 38.7 Å². The molecule has 2 aromatic rings. The molecule has 0 saturated carbocycles. The molecular formula is C17H25N3. The fraction of sp³-hybridized carbons (Fsp3) is 0.471. The predicted molar refractivity (Wildman–Crippen MR) is 85.0 cm³/mol. The highest BCUT2D eigenvalue weighted by atomic mass is 15.2. The molecule has 108 valence electrons. The molecule has 0 spiro atoms. The normalized spacial score (nSPS) is 11.6. The van der Waals surface area contributed by atoms with E-state index < -0.39 is 0 Å². The first-order chi connectivity index (χ1) is 9.61. The van der Waals surface area contributed by atoms with Gasteiger partial charge in [-0.2, -0.15) is 0 Å². The van der Waals surface area contributed by atoms with E-state index in [9.17, 15) is 0 Å². The third kappa shape index (κ3) is 4.12. The van der Waals surface area contributed by atoms with Crippen LogP contribution in [0, 0.1) is 0 Å². The maximum absolute atomic E-state index is 4.43. The first-order valence-corrected chi connectivity index (χ1v) is 7.44. The standard InChI is InChI=1S/C17H25N3/c1-4-13-20-14-12-18-16(20)19-17(2,3)11-10-15-8-6-5-7-9-15/h5-9,12,14H,4,10-11,13H2,1-3H3,(H,18,19). The molecule has 0 saturated heterocycles. The van der Waals surface area contributed by atoms with Crippen molar-refractivity contribution in [3.63, 3.8) is 0 Å². The average Bonchev–Trinajstić information content (AvgIpc) is 2.85. The lowest BCUT2D eigenvalue weighted by Crippen LogP contribution is -2.33. The van der Waals surface area contributed by atoms with Crippen molar-refractivity contribution in [2.24, 2.45) is 0 Å². The first kappa shape index (κ1) is 14.6. The van der Waals surface area contributed by atoms with Crippen molar-refractivity contribution in [3.8, 4) is 0 Å². The van der Waals surface area contributed by atoms with Gasteiger partial charge in [-0.15, -0.1) is 0 Å². The molecule has 3 nitrogen and oxygen atoms in total. The molecule has 1 aromatic carbocycles. The van der Waals surface area contributed by atoms with Crippen LogP contribution in [0.1, 0.15) is 39.2 Å². The smallest absolute Gasteiger partial charge is 0.203 e. The molecule has 2 rings (SSSR count). The summed E-state index contributed by atoms with van der Waals surface area (Å²) in [6.45, 7) is 7.67. The Hall–Kier alpha value is -1.77. The van der Waals surface area contributed by atoms with Gasteiger partial charge in [0.15, 0.2) is 0 Å². The minimum Gasteiger partial charge on any atom is -0.351 e. The summed E-state index contributed by atoms with van der Waals surface area (Å²) >= 11 is 0. The van der Waals surface area contributed by atoms with E-state index in [-0.39, 0.29) is 5.54 Å². The summed E-state index contributed by atoms with van der Waals surface area (Å²) in [5.74, 6) is 0.977. The van der Waals surface area contributed by atoms with Gasteiger partial charge in [-0.25, -0.2) is 4.98 Å². The van der Waals surface area contributed by atoms with Crippen molar-refractivity contribution in [2.45, 2.75) is 52.1 Å². The van der Waals surface area contributed by atoms with Crippen LogP contribution in [0.25, 0.3) is 0 Å². The maximum atomic E-state index is 4.43. The number of benzene rings is 1. The van der Waals surface area contributed by atoms with Crippen LogP contribution in [-0.4, -0.2) is 15.1 Å². The fourth-order valence-corrected chi connectivity index (χ4v) is 2.32. The summed E-state index contributed by atoms with van der Waals surface area (Å²) in [4.78, 5) is 4.43. The predicted octanol–water partition coefficient (Wildman–Crippen LogP) is 4.12. The molecule has 0 aliphatic heterocycles. The van der Waals surface area contributed by atoms with E-state index in [0.717, 1.165) is 31.8 Å². The van der Waals surface area contributed by atoms with Crippen molar-refractivity contribution in [3.05, 3.63) is 48.3 Å². The Morgan fingerprint density at radius 1 is 1.20 bits per heavy atom. The number of nitrogens with zero attached hydrogens (tertiary/aromatic N) is 2. The molecule has 0 atom stereocenters. The lowest BCUT2D eigenvalue weighted by Gasteiger charge is -2.27. The summed E-state index contributed by atoms with van der Waals surface area (Å²) in [5, 5.41) is 3.57. The Bertz CT molecular complexity index is 514. The monoisotopic (exact) mass is 271 g/mol. The second-order valence-electron chi connectivity index (χ2n) is 5.94. The third-order valence-corrected chi connectivity index (χ3v) is 3.51. The van der Waals surface area contributed by atoms with Crippen LogP contribution < -0.4 is 5.32 Å². The highest BCUT2D eigenvalue weighted by Gasteiger charge is 2.19. The third-order valence-electron chi connectivity index (χ3n) is 3.51. The topological polar surface area (TPSA) is 29.9 Å². The molecule has 0 amide bonds. The Balaban J connectivity index is 1.94. The molecule has 0 bridgehead atoms. The number of anilines is 1. The Morgan fingerprint density at radius 3 is 2.65 bits per heavy atom. The molecule has 1 heterocycles. The Morgan fingerprint density at radius 2 is 1.95 bits per heavy atom. The van der Waals surface area contributed by atoms with Crippen molar-refractivity contribution in [1.29, 1.82) is 0 Å². The lowest BCUT2D eigenvalue weighted by atomic mass is 9.95. The van der Waals surface area contributed by atoms with Gasteiger partial charge < -0.3 is 9.88 Å². The number of hydrogen-bond acceptors (Lipinski definition) is 2. The zero-order valence-electron chi connectivity index (χ0n) is 12.8. The minimum absolute atomic E-state index is 0.0344. The molecule has 1 N–H and O–H groups in total. The summed E-state index contributed by atoms with van der Waals surface area (Å²) in [7, 11) is 0. The highest BCUT2D eigenvalue weighted by molar-refractivity contribution is 5.30. The second kappa shape index (κ2) is 6.60. The van der Waals surface area contributed by atoms with Crippen molar-refractivity contribution < 1.29 is 0 Å². The number of imidazole rings is 1.